The number of likely N-dealkylation sites (N-methyl/N-ethyl adjacent to an activating group) is 2. The second kappa shape index (κ2) is 19.1. The molecule has 0 radical (unpaired) electrons. The Balaban J connectivity index is -0.000000338. The maximum atomic E-state index is 8.79. The van der Waals surface area contributed by atoms with Gasteiger partial charge in [-0.3, -0.25) is 0 Å². The Bertz CT molecular complexity index is 271. The van der Waals surface area contributed by atoms with Crippen molar-refractivity contribution in [2.75, 3.05) is 78.8 Å². The van der Waals surface area contributed by atoms with Crippen molar-refractivity contribution in [3.05, 3.63) is 0 Å². The van der Waals surface area contributed by atoms with Crippen molar-refractivity contribution >= 4 is 9.17 Å². The van der Waals surface area contributed by atoms with Crippen LogP contribution in [0.15, 0.2) is 0 Å². The molecule has 0 aliphatic carbocycles. The Morgan fingerprint density at radius 1 is 0.615 bits per heavy atom. The zero-order chi connectivity index (χ0) is 21.1. The van der Waals surface area contributed by atoms with Crippen LogP contribution in [0.3, 0.4) is 0 Å². The molecule has 0 unspecified atom stereocenters. The lowest BCUT2D eigenvalue weighted by molar-refractivity contribution is -0.925. The van der Waals surface area contributed by atoms with E-state index < -0.39 is 9.17 Å². The number of quaternary nitrogens is 2. The van der Waals surface area contributed by atoms with Crippen molar-refractivity contribution in [1.82, 2.24) is 0 Å². The highest BCUT2D eigenvalue weighted by Gasteiger charge is 2.21. The van der Waals surface area contributed by atoms with Crippen molar-refractivity contribution in [2.24, 2.45) is 0 Å². The van der Waals surface area contributed by atoms with Crippen LogP contribution in [0.5, 0.6) is 0 Å². The summed E-state index contributed by atoms with van der Waals surface area (Å²) < 4.78 is 10.2. The van der Waals surface area contributed by atoms with Gasteiger partial charge in [0.25, 0.3) is 0 Å². The highest BCUT2D eigenvalue weighted by atomic mass is 28.3. The van der Waals surface area contributed by atoms with Crippen LogP contribution in [0.25, 0.3) is 0 Å². The van der Waals surface area contributed by atoms with Gasteiger partial charge < -0.3 is 43.4 Å². The summed E-state index contributed by atoms with van der Waals surface area (Å²) in [5.74, 6) is 0. The number of rotatable bonds is 12. The summed E-state index contributed by atoms with van der Waals surface area (Å²) in [5, 5.41) is 35.2. The molecule has 26 heavy (non-hydrogen) atoms. The van der Waals surface area contributed by atoms with Gasteiger partial charge in [-0.15, -0.1) is 0 Å². The van der Waals surface area contributed by atoms with E-state index >= 15 is 0 Å². The van der Waals surface area contributed by atoms with Gasteiger partial charge in [0.2, 0.25) is 0 Å². The smallest absolute Gasteiger partial charge is 0.102 e. The van der Waals surface area contributed by atoms with Gasteiger partial charge >= 0.3 is 0 Å². The molecule has 0 spiro atoms. The Morgan fingerprint density at radius 2 is 0.769 bits per heavy atom. The third-order valence-corrected chi connectivity index (χ3v) is 4.98. The quantitative estimate of drug-likeness (QED) is 0.199. The van der Waals surface area contributed by atoms with Crippen molar-refractivity contribution in [2.45, 2.75) is 27.7 Å². The van der Waals surface area contributed by atoms with Crippen LogP contribution >= 0.6 is 0 Å². The molecular weight excluding hydrogens is 360 g/mol. The van der Waals surface area contributed by atoms with E-state index in [-0.39, 0.29) is 26.4 Å². The molecule has 0 aromatic carbocycles. The van der Waals surface area contributed by atoms with Crippen molar-refractivity contribution in [3.63, 3.8) is 0 Å². The summed E-state index contributed by atoms with van der Waals surface area (Å²) in [5.41, 5.74) is 0. The standard InChI is InChI=1S/2C8H20NO2.O3Si/c2*1-3-9(4-2,5-7-10)6-8-11;1-4(2)3/h2*10-11H,3-8H2,1-2H3;/q2*+1;-2. The Hall–Kier alpha value is -0.623. The predicted octanol–water partition coefficient (Wildman–Crippen LogP) is -3.22. The summed E-state index contributed by atoms with van der Waals surface area (Å²) in [7, 11) is -3.63. The summed E-state index contributed by atoms with van der Waals surface area (Å²) in [6.07, 6.45) is 0. The molecular formula is C16H40N2O7Si. The highest BCUT2D eigenvalue weighted by Crippen LogP contribution is 2.04. The second-order valence-corrected chi connectivity index (χ2v) is 6.49. The molecule has 0 aliphatic rings. The van der Waals surface area contributed by atoms with E-state index in [1.807, 2.05) is 0 Å². The molecule has 0 heterocycles. The molecule has 0 aromatic heterocycles. The van der Waals surface area contributed by atoms with E-state index in [4.69, 9.17) is 34.5 Å². The Morgan fingerprint density at radius 3 is 0.846 bits per heavy atom. The molecule has 4 N–H and O–H groups in total. The number of aliphatic hydroxyl groups excluding tert-OH is 4. The number of nitrogens with zero attached hydrogens (tertiary/aromatic N) is 2. The molecule has 10 heteroatoms. The summed E-state index contributed by atoms with van der Waals surface area (Å²) in [4.78, 5) is 17.0. The lowest BCUT2D eigenvalue weighted by Crippen LogP contribution is -2.51. The third-order valence-electron chi connectivity index (χ3n) is 4.98. The van der Waals surface area contributed by atoms with Gasteiger partial charge in [-0.25, -0.2) is 0 Å². The van der Waals surface area contributed by atoms with E-state index in [1.54, 1.807) is 0 Å². The van der Waals surface area contributed by atoms with E-state index in [1.165, 1.54) is 0 Å². The number of aliphatic hydroxyl groups is 4. The fourth-order valence-electron chi connectivity index (χ4n) is 2.78. The van der Waals surface area contributed by atoms with Gasteiger partial charge in [-0.2, -0.15) is 0 Å². The normalized spacial score (nSPS) is 11.1. The van der Waals surface area contributed by atoms with E-state index in [2.05, 4.69) is 27.7 Å². The first-order chi connectivity index (χ1) is 12.2. The molecule has 0 rings (SSSR count). The minimum absolute atomic E-state index is 0.210. The van der Waals surface area contributed by atoms with E-state index in [0.717, 1.165) is 61.3 Å². The van der Waals surface area contributed by atoms with Crippen molar-refractivity contribution < 1.29 is 43.4 Å². The fraction of sp³-hybridized carbons (Fsp3) is 1.00. The van der Waals surface area contributed by atoms with Crippen LogP contribution in [0, 0.1) is 0 Å². The summed E-state index contributed by atoms with van der Waals surface area (Å²) in [6.45, 7) is 16.2. The lowest BCUT2D eigenvalue weighted by atomic mass is 10.3. The van der Waals surface area contributed by atoms with Crippen LogP contribution in [0.1, 0.15) is 27.7 Å². The molecule has 0 aromatic rings. The maximum absolute atomic E-state index is 8.79. The van der Waals surface area contributed by atoms with Crippen molar-refractivity contribution in [1.29, 1.82) is 0 Å². The van der Waals surface area contributed by atoms with Crippen molar-refractivity contribution in [3.8, 4) is 0 Å². The van der Waals surface area contributed by atoms with Gasteiger partial charge in [0.15, 0.2) is 0 Å². The Kier molecular flexibility index (Phi) is 22.2. The first-order valence-electron chi connectivity index (χ1n) is 9.24. The second-order valence-electron chi connectivity index (χ2n) is 5.99. The van der Waals surface area contributed by atoms with Gasteiger partial charge in [0.1, 0.15) is 26.2 Å². The molecule has 160 valence electrons. The largest absolute Gasteiger partial charge is 0.672 e. The topological polar surface area (TPSA) is 144 Å². The zero-order valence-electron chi connectivity index (χ0n) is 16.9. The molecule has 0 amide bonds. The van der Waals surface area contributed by atoms with E-state index in [9.17, 15) is 0 Å². The molecule has 0 aliphatic heterocycles. The molecule has 0 saturated heterocycles. The van der Waals surface area contributed by atoms with Crippen LogP contribution in [0.2, 0.25) is 0 Å². The SMILES string of the molecule is CC[N+](CC)(CCO)CCO.CC[N+](CC)(CCO)CCO.O=[Si]([O-])[O-]. The summed E-state index contributed by atoms with van der Waals surface area (Å²) in [6, 6.07) is 0. The minimum atomic E-state index is -3.63. The maximum Gasteiger partial charge on any atom is 0.102 e. The van der Waals surface area contributed by atoms with E-state index in [0.29, 0.717) is 0 Å². The third kappa shape index (κ3) is 15.6. The van der Waals surface area contributed by atoms with Gasteiger partial charge in [-0.05, 0) is 27.7 Å². The molecule has 0 saturated carbocycles. The molecule has 0 fully saturated rings. The minimum Gasteiger partial charge on any atom is -0.672 e. The lowest BCUT2D eigenvalue weighted by Gasteiger charge is -2.35. The summed E-state index contributed by atoms with van der Waals surface area (Å²) >= 11 is 0. The van der Waals surface area contributed by atoms with Gasteiger partial charge in [0, 0.05) is 9.17 Å². The zero-order valence-corrected chi connectivity index (χ0v) is 17.9. The first-order valence-corrected chi connectivity index (χ1v) is 10.5. The van der Waals surface area contributed by atoms with Crippen LogP contribution in [0.4, 0.5) is 0 Å². The molecule has 0 atom stereocenters. The molecule has 9 nitrogen and oxygen atoms in total. The average Bonchev–Trinajstić information content (AvgIpc) is 2.61. The van der Waals surface area contributed by atoms with Crippen LogP contribution < -0.4 is 9.59 Å². The monoisotopic (exact) mass is 400 g/mol. The average molecular weight is 401 g/mol. The predicted molar refractivity (Wildman–Crippen MR) is 96.9 cm³/mol. The Labute approximate surface area is 159 Å². The number of hydrogen-bond donors (Lipinski definition) is 4. The van der Waals surface area contributed by atoms with Gasteiger partial charge in [-0.1, -0.05) is 0 Å². The first kappa shape index (κ1) is 30.1. The number of hydrogen-bond acceptors (Lipinski definition) is 7. The fourth-order valence-corrected chi connectivity index (χ4v) is 2.78. The molecule has 0 bridgehead atoms. The van der Waals surface area contributed by atoms with Crippen LogP contribution in [-0.4, -0.2) is 117 Å². The van der Waals surface area contributed by atoms with Crippen LogP contribution in [-0.2, 0) is 4.46 Å². The van der Waals surface area contributed by atoms with Gasteiger partial charge in [0.05, 0.1) is 52.6 Å². The highest BCUT2D eigenvalue weighted by molar-refractivity contribution is 6.17.